The van der Waals surface area contributed by atoms with E-state index >= 15 is 0 Å². The van der Waals surface area contributed by atoms with E-state index in [-0.39, 0.29) is 5.92 Å². The highest BCUT2D eigenvalue weighted by Crippen LogP contribution is 2.39. The van der Waals surface area contributed by atoms with Crippen molar-refractivity contribution in [2.45, 2.75) is 40.0 Å². The molecule has 0 saturated heterocycles. The standard InChI is InChI=1S/C15H20O2/c1-9-6-10(2)13(11(3)7-9)8-14(15(16)17)12-4-5-12/h6-7,12,14H,4-5,8H2,1-3H3,(H,16,17). The van der Waals surface area contributed by atoms with Crippen molar-refractivity contribution in [2.24, 2.45) is 11.8 Å². The molecule has 1 aromatic rings. The third-order valence-electron chi connectivity index (χ3n) is 3.77. The molecule has 2 nitrogen and oxygen atoms in total. The number of benzene rings is 1. The predicted octanol–water partition coefficient (Wildman–Crippen LogP) is 3.27. The van der Waals surface area contributed by atoms with Gasteiger partial charge in [-0.1, -0.05) is 17.7 Å². The fourth-order valence-corrected chi connectivity index (χ4v) is 2.71. The van der Waals surface area contributed by atoms with Crippen LogP contribution in [0.2, 0.25) is 0 Å². The van der Waals surface area contributed by atoms with Crippen LogP contribution in [0.25, 0.3) is 0 Å². The van der Waals surface area contributed by atoms with E-state index in [1.54, 1.807) is 0 Å². The highest BCUT2D eigenvalue weighted by atomic mass is 16.4. The summed E-state index contributed by atoms with van der Waals surface area (Å²) in [5.74, 6) is -0.408. The second-order valence-corrected chi connectivity index (χ2v) is 5.36. The molecular formula is C15H20O2. The first-order chi connectivity index (χ1) is 7.99. The van der Waals surface area contributed by atoms with Gasteiger partial charge in [-0.3, -0.25) is 4.79 Å². The van der Waals surface area contributed by atoms with E-state index in [4.69, 9.17) is 0 Å². The minimum Gasteiger partial charge on any atom is -0.481 e. The number of carbonyl (C=O) groups is 1. The Morgan fingerprint density at radius 2 is 1.82 bits per heavy atom. The van der Waals surface area contributed by atoms with Crippen molar-refractivity contribution in [2.75, 3.05) is 0 Å². The number of hydrogen-bond donors (Lipinski definition) is 1. The molecule has 1 aliphatic carbocycles. The molecule has 1 aliphatic rings. The van der Waals surface area contributed by atoms with Gasteiger partial charge < -0.3 is 5.11 Å². The lowest BCUT2D eigenvalue weighted by atomic mass is 9.89. The molecule has 0 aliphatic heterocycles. The van der Waals surface area contributed by atoms with Gasteiger partial charge in [-0.15, -0.1) is 0 Å². The molecule has 1 atom stereocenters. The molecule has 1 N–H and O–H groups in total. The monoisotopic (exact) mass is 232 g/mol. The molecule has 0 amide bonds. The maximum absolute atomic E-state index is 11.3. The van der Waals surface area contributed by atoms with Gasteiger partial charge in [0, 0.05) is 0 Å². The number of carboxylic acid groups (broad SMARTS) is 1. The number of hydrogen-bond acceptors (Lipinski definition) is 1. The van der Waals surface area contributed by atoms with Gasteiger partial charge >= 0.3 is 5.97 Å². The average Bonchev–Trinajstić information content (AvgIpc) is 2.99. The Morgan fingerprint density at radius 1 is 1.29 bits per heavy atom. The number of rotatable bonds is 4. The SMILES string of the molecule is Cc1cc(C)c(CC(C(=O)O)C2CC2)c(C)c1. The lowest BCUT2D eigenvalue weighted by Crippen LogP contribution is -2.19. The lowest BCUT2D eigenvalue weighted by Gasteiger charge is -2.16. The maximum atomic E-state index is 11.3. The fraction of sp³-hybridized carbons (Fsp3) is 0.533. The Hall–Kier alpha value is -1.31. The molecule has 0 spiro atoms. The molecule has 2 heteroatoms. The molecule has 0 bridgehead atoms. The normalized spacial score (nSPS) is 16.9. The van der Waals surface area contributed by atoms with E-state index in [0.29, 0.717) is 12.3 Å². The summed E-state index contributed by atoms with van der Waals surface area (Å²) in [6.07, 6.45) is 2.86. The van der Waals surface area contributed by atoms with E-state index in [9.17, 15) is 9.90 Å². The van der Waals surface area contributed by atoms with Crippen molar-refractivity contribution in [1.29, 1.82) is 0 Å². The van der Waals surface area contributed by atoms with E-state index in [0.717, 1.165) is 12.8 Å². The molecule has 1 fully saturated rings. The number of aliphatic carboxylic acids is 1. The van der Waals surface area contributed by atoms with Crippen LogP contribution in [0.15, 0.2) is 12.1 Å². The fourth-order valence-electron chi connectivity index (χ4n) is 2.71. The highest BCUT2D eigenvalue weighted by Gasteiger charge is 2.36. The predicted molar refractivity (Wildman–Crippen MR) is 68.2 cm³/mol. The number of carboxylic acids is 1. The van der Waals surface area contributed by atoms with Crippen molar-refractivity contribution in [3.05, 3.63) is 34.4 Å². The molecule has 0 radical (unpaired) electrons. The van der Waals surface area contributed by atoms with Crippen molar-refractivity contribution in [3.63, 3.8) is 0 Å². The van der Waals surface area contributed by atoms with Crippen molar-refractivity contribution in [1.82, 2.24) is 0 Å². The molecule has 2 rings (SSSR count). The van der Waals surface area contributed by atoms with Crippen LogP contribution in [-0.2, 0) is 11.2 Å². The zero-order chi connectivity index (χ0) is 12.6. The smallest absolute Gasteiger partial charge is 0.307 e. The van der Waals surface area contributed by atoms with Gasteiger partial charge in [-0.25, -0.2) is 0 Å². The summed E-state index contributed by atoms with van der Waals surface area (Å²) >= 11 is 0. The lowest BCUT2D eigenvalue weighted by molar-refractivity contribution is -0.142. The van der Waals surface area contributed by atoms with Crippen LogP contribution in [0.5, 0.6) is 0 Å². The van der Waals surface area contributed by atoms with Crippen LogP contribution in [0.4, 0.5) is 0 Å². The van der Waals surface area contributed by atoms with Crippen LogP contribution in [0, 0.1) is 32.6 Å². The van der Waals surface area contributed by atoms with Crippen LogP contribution >= 0.6 is 0 Å². The minimum atomic E-state index is -0.633. The van der Waals surface area contributed by atoms with Crippen LogP contribution in [-0.4, -0.2) is 11.1 Å². The molecule has 0 heterocycles. The zero-order valence-electron chi connectivity index (χ0n) is 10.8. The largest absolute Gasteiger partial charge is 0.481 e. The summed E-state index contributed by atoms with van der Waals surface area (Å²) < 4.78 is 0. The Morgan fingerprint density at radius 3 is 2.24 bits per heavy atom. The van der Waals surface area contributed by atoms with E-state index in [2.05, 4.69) is 32.9 Å². The molecule has 0 aromatic heterocycles. The van der Waals surface area contributed by atoms with E-state index < -0.39 is 5.97 Å². The Labute approximate surface area is 103 Å². The topological polar surface area (TPSA) is 37.3 Å². The summed E-state index contributed by atoms with van der Waals surface area (Å²) in [4.78, 5) is 11.3. The first-order valence-electron chi connectivity index (χ1n) is 6.28. The van der Waals surface area contributed by atoms with E-state index in [1.165, 1.54) is 22.3 Å². The van der Waals surface area contributed by atoms with Gasteiger partial charge in [0.25, 0.3) is 0 Å². The van der Waals surface area contributed by atoms with Gasteiger partial charge in [-0.2, -0.15) is 0 Å². The first kappa shape index (κ1) is 12.2. The van der Waals surface area contributed by atoms with Crippen molar-refractivity contribution < 1.29 is 9.90 Å². The minimum absolute atomic E-state index is 0.185. The second-order valence-electron chi connectivity index (χ2n) is 5.36. The van der Waals surface area contributed by atoms with Crippen molar-refractivity contribution in [3.8, 4) is 0 Å². The maximum Gasteiger partial charge on any atom is 0.307 e. The molecular weight excluding hydrogens is 212 g/mol. The van der Waals surface area contributed by atoms with Gasteiger partial charge in [-0.05, 0) is 62.6 Å². The van der Waals surface area contributed by atoms with Crippen LogP contribution in [0.1, 0.15) is 35.1 Å². The zero-order valence-corrected chi connectivity index (χ0v) is 10.8. The molecule has 1 saturated carbocycles. The first-order valence-corrected chi connectivity index (χ1v) is 6.28. The average molecular weight is 232 g/mol. The Kier molecular flexibility index (Phi) is 3.23. The second kappa shape index (κ2) is 4.52. The van der Waals surface area contributed by atoms with Gasteiger partial charge in [0.15, 0.2) is 0 Å². The van der Waals surface area contributed by atoms with Crippen LogP contribution in [0.3, 0.4) is 0 Å². The third-order valence-corrected chi connectivity index (χ3v) is 3.77. The van der Waals surface area contributed by atoms with Crippen molar-refractivity contribution >= 4 is 5.97 Å². The summed E-state index contributed by atoms with van der Waals surface area (Å²) in [6.45, 7) is 6.25. The van der Waals surface area contributed by atoms with Gasteiger partial charge in [0.05, 0.1) is 5.92 Å². The van der Waals surface area contributed by atoms with Gasteiger partial charge in [0.2, 0.25) is 0 Å². The van der Waals surface area contributed by atoms with Crippen LogP contribution < -0.4 is 0 Å². The quantitative estimate of drug-likeness (QED) is 0.865. The molecule has 17 heavy (non-hydrogen) atoms. The molecule has 92 valence electrons. The Balaban J connectivity index is 2.25. The van der Waals surface area contributed by atoms with E-state index in [1.807, 2.05) is 0 Å². The summed E-state index contributed by atoms with van der Waals surface area (Å²) in [6, 6.07) is 4.29. The highest BCUT2D eigenvalue weighted by molar-refractivity contribution is 5.71. The summed E-state index contributed by atoms with van der Waals surface area (Å²) in [7, 11) is 0. The number of aryl methyl sites for hydroxylation is 3. The third kappa shape index (κ3) is 2.68. The van der Waals surface area contributed by atoms with Gasteiger partial charge in [0.1, 0.15) is 0 Å². The summed E-state index contributed by atoms with van der Waals surface area (Å²) in [5, 5.41) is 9.28. The molecule has 1 unspecified atom stereocenters. The Bertz CT molecular complexity index is 421. The molecule has 1 aromatic carbocycles. The summed E-state index contributed by atoms with van der Waals surface area (Å²) in [5.41, 5.74) is 4.95.